The minimum atomic E-state index is -4.49. The van der Waals surface area contributed by atoms with Crippen molar-refractivity contribution in [2.45, 2.75) is 19.3 Å². The summed E-state index contributed by atoms with van der Waals surface area (Å²) < 4.78 is 78.4. The van der Waals surface area contributed by atoms with E-state index < -0.39 is 23.5 Å². The minimum absolute atomic E-state index is 0.403. The molecule has 0 aliphatic rings. The highest BCUT2D eigenvalue weighted by Crippen LogP contribution is 2.35. The Morgan fingerprint density at radius 2 is 1.18 bits per heavy atom. The van der Waals surface area contributed by atoms with E-state index in [9.17, 15) is 26.3 Å². The molecule has 0 fully saturated rings. The summed E-state index contributed by atoms with van der Waals surface area (Å²) in [4.78, 5) is 0. The Morgan fingerprint density at radius 1 is 0.750 bits per heavy atom. The smallest absolute Gasteiger partial charge is 0.225 e. The van der Waals surface area contributed by atoms with Crippen LogP contribution >= 0.6 is 0 Å². The Morgan fingerprint density at radius 3 is 1.50 bits per heavy atom. The number of rotatable bonds is 3. The van der Waals surface area contributed by atoms with E-state index in [1.54, 1.807) is 6.92 Å². The number of aromatic nitrogens is 3. The monoisotopic (exact) mass is 397 g/mol. The van der Waals surface area contributed by atoms with Gasteiger partial charge < -0.3 is 0 Å². The normalized spacial score (nSPS) is 12.1. The van der Waals surface area contributed by atoms with Crippen LogP contribution in [-0.4, -0.2) is 15.0 Å². The second-order valence-electron chi connectivity index (χ2n) is 5.96. The molecule has 3 aromatic rings. The van der Waals surface area contributed by atoms with E-state index in [-0.39, 0.29) is 0 Å². The molecule has 1 aromatic heterocycles. The molecule has 0 atom stereocenters. The van der Waals surface area contributed by atoms with Gasteiger partial charge in [0.25, 0.3) is 0 Å². The van der Waals surface area contributed by atoms with Crippen molar-refractivity contribution in [2.24, 2.45) is 0 Å². The molecule has 0 spiro atoms. The highest BCUT2D eigenvalue weighted by molar-refractivity contribution is 5.92. The van der Waals surface area contributed by atoms with Crippen LogP contribution in [0.2, 0.25) is 0 Å². The van der Waals surface area contributed by atoms with Crippen LogP contribution in [0.5, 0.6) is 0 Å². The van der Waals surface area contributed by atoms with E-state index in [2.05, 4.69) is 10.3 Å². The summed E-state index contributed by atoms with van der Waals surface area (Å²) >= 11 is 0. The molecule has 3 rings (SSSR count). The van der Waals surface area contributed by atoms with Crippen LogP contribution in [0.25, 0.3) is 11.3 Å². The Balaban J connectivity index is 2.13. The summed E-state index contributed by atoms with van der Waals surface area (Å²) in [7, 11) is 0. The predicted molar refractivity (Wildman–Crippen MR) is 90.8 cm³/mol. The molecule has 2 aromatic carbocycles. The van der Waals surface area contributed by atoms with Gasteiger partial charge in [-0.3, -0.25) is 0 Å². The summed E-state index contributed by atoms with van der Waals surface area (Å²) in [6, 6.07) is 8.79. The molecular weight excluding hydrogens is 384 g/mol. The van der Waals surface area contributed by atoms with Crippen molar-refractivity contribution >= 4 is 11.3 Å². The number of halogens is 6. The van der Waals surface area contributed by atoms with Crippen molar-refractivity contribution in [2.75, 3.05) is 0 Å². The largest absolute Gasteiger partial charge is 0.416 e. The van der Waals surface area contributed by atoms with Crippen molar-refractivity contribution in [1.82, 2.24) is 15.0 Å². The first-order valence-corrected chi connectivity index (χ1v) is 8.00. The Hall–Kier alpha value is -3.10. The summed E-state index contributed by atoms with van der Waals surface area (Å²) in [5.74, 6) is 0. The summed E-state index contributed by atoms with van der Waals surface area (Å²) in [6.45, 7) is 1.65. The van der Waals surface area contributed by atoms with Gasteiger partial charge >= 0.3 is 12.4 Å². The van der Waals surface area contributed by atoms with Gasteiger partial charge in [-0.25, -0.2) is 4.68 Å². The molecule has 0 aliphatic heterocycles. The summed E-state index contributed by atoms with van der Waals surface area (Å²) in [5.41, 5.74) is 0.106. The molecule has 0 radical (unpaired) electrons. The highest BCUT2D eigenvalue weighted by Gasteiger charge is 2.31. The molecule has 0 saturated heterocycles. The van der Waals surface area contributed by atoms with Crippen LogP contribution in [0.3, 0.4) is 0 Å². The standard InChI is InChI=1S/C19H13F6N3/c1-12(28-11-10-26-27-28)17(13-2-6-15(7-3-13)18(20,21)22)14-4-8-16(9-5-14)19(23,24)25/h2-11H,1H3. The van der Waals surface area contributed by atoms with Crippen molar-refractivity contribution < 1.29 is 26.3 Å². The molecule has 3 nitrogen and oxygen atoms in total. The topological polar surface area (TPSA) is 30.7 Å². The van der Waals surface area contributed by atoms with Gasteiger partial charge in [-0.1, -0.05) is 29.5 Å². The van der Waals surface area contributed by atoms with Gasteiger partial charge in [0.2, 0.25) is 0 Å². The lowest BCUT2D eigenvalue weighted by Gasteiger charge is -2.15. The molecule has 0 bridgehead atoms. The maximum atomic E-state index is 12.8. The molecule has 0 saturated carbocycles. The molecule has 0 amide bonds. The van der Waals surface area contributed by atoms with E-state index >= 15 is 0 Å². The minimum Gasteiger partial charge on any atom is -0.225 e. The Kier molecular flexibility index (Phi) is 5.01. The highest BCUT2D eigenvalue weighted by atomic mass is 19.4. The molecule has 0 unspecified atom stereocenters. The van der Waals surface area contributed by atoms with Crippen LogP contribution < -0.4 is 0 Å². The molecule has 9 heteroatoms. The summed E-state index contributed by atoms with van der Waals surface area (Å²) in [5, 5.41) is 7.54. The number of benzene rings is 2. The second-order valence-corrected chi connectivity index (χ2v) is 5.96. The molecule has 1 heterocycles. The van der Waals surface area contributed by atoms with E-state index in [1.165, 1.54) is 41.3 Å². The maximum absolute atomic E-state index is 12.8. The van der Waals surface area contributed by atoms with E-state index in [1.807, 2.05) is 0 Å². The average molecular weight is 397 g/mol. The van der Waals surface area contributed by atoms with Crippen molar-refractivity contribution in [1.29, 1.82) is 0 Å². The fourth-order valence-electron chi connectivity index (χ4n) is 2.74. The first kappa shape index (κ1) is 19.7. The van der Waals surface area contributed by atoms with Gasteiger partial charge in [0.15, 0.2) is 0 Å². The average Bonchev–Trinajstić information content (AvgIpc) is 3.16. The van der Waals surface area contributed by atoms with Crippen LogP contribution in [0.4, 0.5) is 26.3 Å². The fraction of sp³-hybridized carbons (Fsp3) is 0.158. The van der Waals surface area contributed by atoms with Crippen molar-refractivity contribution in [3.05, 3.63) is 83.2 Å². The lowest BCUT2D eigenvalue weighted by atomic mass is 9.94. The number of hydrogen-bond acceptors (Lipinski definition) is 2. The van der Waals surface area contributed by atoms with Gasteiger partial charge in [-0.2, -0.15) is 26.3 Å². The van der Waals surface area contributed by atoms with E-state index in [0.29, 0.717) is 22.4 Å². The third-order valence-electron chi connectivity index (χ3n) is 4.13. The first-order chi connectivity index (χ1) is 13.1. The van der Waals surface area contributed by atoms with Crippen LogP contribution in [0.1, 0.15) is 29.2 Å². The number of alkyl halides is 6. The maximum Gasteiger partial charge on any atom is 0.416 e. The number of allylic oxidation sites excluding steroid dienone is 1. The zero-order valence-corrected chi connectivity index (χ0v) is 14.4. The van der Waals surface area contributed by atoms with Gasteiger partial charge in [0.1, 0.15) is 0 Å². The molecule has 28 heavy (non-hydrogen) atoms. The fourth-order valence-corrected chi connectivity index (χ4v) is 2.74. The van der Waals surface area contributed by atoms with Crippen LogP contribution in [0.15, 0.2) is 60.9 Å². The first-order valence-electron chi connectivity index (χ1n) is 8.00. The summed E-state index contributed by atoms with van der Waals surface area (Å²) in [6.07, 6.45) is -6.03. The van der Waals surface area contributed by atoms with Crippen molar-refractivity contribution in [3.63, 3.8) is 0 Å². The Labute approximate surface area is 155 Å². The number of nitrogens with zero attached hydrogens (tertiary/aromatic N) is 3. The zero-order valence-electron chi connectivity index (χ0n) is 14.4. The van der Waals surface area contributed by atoms with Gasteiger partial charge in [-0.05, 0) is 42.3 Å². The Bertz CT molecular complexity index is 907. The molecule has 146 valence electrons. The molecule has 0 N–H and O–H groups in total. The van der Waals surface area contributed by atoms with Crippen LogP contribution in [-0.2, 0) is 12.4 Å². The third kappa shape index (κ3) is 4.08. The van der Waals surface area contributed by atoms with Gasteiger partial charge in [0, 0.05) is 11.3 Å². The SMILES string of the molecule is CC(=C(c1ccc(C(F)(F)F)cc1)c1ccc(C(F)(F)F)cc1)n1ccnn1. The van der Waals surface area contributed by atoms with Crippen LogP contribution in [0, 0.1) is 0 Å². The second kappa shape index (κ2) is 7.14. The van der Waals surface area contributed by atoms with E-state index in [0.717, 1.165) is 24.3 Å². The van der Waals surface area contributed by atoms with E-state index in [4.69, 9.17) is 0 Å². The quantitative estimate of drug-likeness (QED) is 0.527. The molecule has 0 aliphatic carbocycles. The predicted octanol–water partition coefficient (Wildman–Crippen LogP) is 5.75. The van der Waals surface area contributed by atoms with Gasteiger partial charge in [0.05, 0.1) is 23.5 Å². The zero-order chi connectivity index (χ0) is 20.5. The molecular formula is C19H13F6N3. The third-order valence-corrected chi connectivity index (χ3v) is 4.13. The lowest BCUT2D eigenvalue weighted by Crippen LogP contribution is -2.06. The number of hydrogen-bond donors (Lipinski definition) is 0. The van der Waals surface area contributed by atoms with Crippen molar-refractivity contribution in [3.8, 4) is 0 Å². The van der Waals surface area contributed by atoms with Gasteiger partial charge in [-0.15, -0.1) is 5.10 Å². The lowest BCUT2D eigenvalue weighted by molar-refractivity contribution is -0.138.